The van der Waals surface area contributed by atoms with Gasteiger partial charge in [-0.05, 0) is 122 Å². The van der Waals surface area contributed by atoms with Gasteiger partial charge >= 0.3 is 12.1 Å². The molecule has 252 valence electrons. The Kier molecular flexibility index (Phi) is 10.7. The Morgan fingerprint density at radius 3 is 2.37 bits per heavy atom. The zero-order chi connectivity index (χ0) is 33.1. The van der Waals surface area contributed by atoms with Crippen molar-refractivity contribution in [3.8, 4) is 0 Å². The van der Waals surface area contributed by atoms with Crippen molar-refractivity contribution in [1.29, 1.82) is 0 Å². The summed E-state index contributed by atoms with van der Waals surface area (Å²) >= 11 is 0. The van der Waals surface area contributed by atoms with Crippen LogP contribution in [-0.4, -0.2) is 29.2 Å². The molecule has 1 heterocycles. The summed E-state index contributed by atoms with van der Waals surface area (Å²) in [6.07, 6.45) is 6.35. The first kappa shape index (κ1) is 34.3. The number of carboxylic acid groups (broad SMARTS) is 1. The molecule has 5 rings (SSSR count). The third-order valence-electron chi connectivity index (χ3n) is 10.7. The van der Waals surface area contributed by atoms with E-state index in [4.69, 9.17) is 4.74 Å². The van der Waals surface area contributed by atoms with Crippen LogP contribution in [-0.2, 0) is 22.3 Å². The smallest absolute Gasteiger partial charge is 0.416 e. The van der Waals surface area contributed by atoms with Crippen LogP contribution in [0.15, 0.2) is 36.4 Å². The van der Waals surface area contributed by atoms with Gasteiger partial charge in [0.25, 0.3) is 5.91 Å². The lowest BCUT2D eigenvalue weighted by molar-refractivity contribution is -0.166. The molecule has 3 aliphatic rings. The topological polar surface area (TPSA) is 75.6 Å². The molecule has 10 heteroatoms. The molecule has 0 radical (unpaired) electrons. The zero-order valence-electron chi connectivity index (χ0n) is 26.3. The number of benzene rings is 2. The standard InChI is InChI=1S/C36H44F5NO4/c1-2-22-7-8-24(26-9-12-32(38)31(18-26)33(43)44)5-3-4-6-25(15-22)27-13-14-35(46-21-27,28-10-11-28)34(45)42-20-23-16-29(36(39,40)41)19-30(37)17-23/h9,12,16-19,22,24-25,27-28H,2-8,10-11,13-15,20-21H2,1H3,(H,42,45)(H,43,44)/t22?,24?,25?,27?,35-/m0/s1. The molecular weight excluding hydrogens is 605 g/mol. The van der Waals surface area contributed by atoms with E-state index in [9.17, 15) is 36.6 Å². The molecule has 1 amide bonds. The minimum atomic E-state index is -4.68. The highest BCUT2D eigenvalue weighted by Gasteiger charge is 2.54. The first-order valence-electron chi connectivity index (χ1n) is 16.7. The van der Waals surface area contributed by atoms with Crippen molar-refractivity contribution in [1.82, 2.24) is 5.32 Å². The molecular formula is C36H44F5NO4. The van der Waals surface area contributed by atoms with E-state index >= 15 is 0 Å². The van der Waals surface area contributed by atoms with Crippen LogP contribution < -0.4 is 5.32 Å². The zero-order valence-corrected chi connectivity index (χ0v) is 26.3. The normalized spacial score (nSPS) is 28.0. The number of alkyl halides is 3. The Morgan fingerprint density at radius 2 is 1.72 bits per heavy atom. The highest BCUT2D eigenvalue weighted by Crippen LogP contribution is 2.49. The fourth-order valence-electron chi connectivity index (χ4n) is 7.80. The summed E-state index contributed by atoms with van der Waals surface area (Å²) in [5.74, 6) is -1.81. The number of hydrogen-bond acceptors (Lipinski definition) is 3. The van der Waals surface area contributed by atoms with Crippen molar-refractivity contribution in [3.05, 3.63) is 70.3 Å². The summed E-state index contributed by atoms with van der Waals surface area (Å²) in [6.45, 7) is 2.44. The number of hydrogen-bond donors (Lipinski definition) is 2. The van der Waals surface area contributed by atoms with Crippen molar-refractivity contribution >= 4 is 11.9 Å². The Bertz CT molecular complexity index is 1380. The SMILES string of the molecule is CCC1CCC(c2ccc(F)c(C(=O)O)c2)CCCCC(C2CC[C@@](C(=O)NCc3cc(F)cc(C(F)(F)F)c3)(C3CC3)OC2)C1. The average molecular weight is 650 g/mol. The number of ether oxygens (including phenoxy) is 1. The van der Waals surface area contributed by atoms with Gasteiger partial charge < -0.3 is 15.2 Å². The van der Waals surface area contributed by atoms with Crippen LogP contribution in [0.5, 0.6) is 0 Å². The van der Waals surface area contributed by atoms with Gasteiger partial charge in [-0.1, -0.05) is 38.7 Å². The van der Waals surface area contributed by atoms with Gasteiger partial charge in [-0.15, -0.1) is 0 Å². The molecule has 2 N–H and O–H groups in total. The number of halogens is 5. The highest BCUT2D eigenvalue weighted by atomic mass is 19.4. The molecule has 2 aromatic carbocycles. The molecule has 2 aliphatic carbocycles. The van der Waals surface area contributed by atoms with E-state index in [1.165, 1.54) is 12.1 Å². The first-order valence-corrected chi connectivity index (χ1v) is 16.7. The monoisotopic (exact) mass is 649 g/mol. The van der Waals surface area contributed by atoms with Gasteiger partial charge in [0.2, 0.25) is 0 Å². The minimum absolute atomic E-state index is 0.0522. The van der Waals surface area contributed by atoms with Crippen molar-refractivity contribution in [2.75, 3.05) is 6.61 Å². The van der Waals surface area contributed by atoms with Gasteiger partial charge in [-0.2, -0.15) is 13.2 Å². The van der Waals surface area contributed by atoms with E-state index in [-0.39, 0.29) is 35.4 Å². The summed E-state index contributed by atoms with van der Waals surface area (Å²) in [4.78, 5) is 25.0. The second-order valence-electron chi connectivity index (χ2n) is 13.7. The van der Waals surface area contributed by atoms with E-state index in [0.717, 1.165) is 88.3 Å². The van der Waals surface area contributed by atoms with Crippen LogP contribution in [0.2, 0.25) is 0 Å². The third-order valence-corrected chi connectivity index (χ3v) is 10.7. The number of aromatic carboxylic acids is 1. The van der Waals surface area contributed by atoms with Crippen LogP contribution in [0.4, 0.5) is 22.0 Å². The van der Waals surface area contributed by atoms with E-state index in [0.29, 0.717) is 36.8 Å². The van der Waals surface area contributed by atoms with E-state index < -0.39 is 34.9 Å². The van der Waals surface area contributed by atoms with Crippen LogP contribution in [0, 0.1) is 35.3 Å². The van der Waals surface area contributed by atoms with Crippen molar-refractivity contribution in [2.45, 2.75) is 108 Å². The Morgan fingerprint density at radius 1 is 0.957 bits per heavy atom. The number of nitrogens with one attached hydrogen (secondary N) is 1. The lowest BCUT2D eigenvalue weighted by atomic mass is 9.72. The molecule has 2 saturated carbocycles. The predicted octanol–water partition coefficient (Wildman–Crippen LogP) is 9.04. The molecule has 5 atom stereocenters. The molecule has 46 heavy (non-hydrogen) atoms. The van der Waals surface area contributed by atoms with E-state index in [2.05, 4.69) is 12.2 Å². The molecule has 3 fully saturated rings. The van der Waals surface area contributed by atoms with Crippen molar-refractivity contribution < 1.29 is 41.4 Å². The van der Waals surface area contributed by atoms with Gasteiger partial charge in [0, 0.05) is 6.54 Å². The highest BCUT2D eigenvalue weighted by molar-refractivity contribution is 5.88. The summed E-state index contributed by atoms with van der Waals surface area (Å²) in [5, 5.41) is 12.2. The van der Waals surface area contributed by atoms with Gasteiger partial charge in [-0.25, -0.2) is 13.6 Å². The average Bonchev–Trinajstić information content (AvgIpc) is 3.88. The maximum Gasteiger partial charge on any atom is 0.416 e. The molecule has 0 bridgehead atoms. The summed E-state index contributed by atoms with van der Waals surface area (Å²) in [7, 11) is 0. The van der Waals surface area contributed by atoms with Crippen LogP contribution >= 0.6 is 0 Å². The first-order chi connectivity index (χ1) is 21.9. The van der Waals surface area contributed by atoms with E-state index in [1.54, 1.807) is 6.07 Å². The fraction of sp³-hybridized carbons (Fsp3) is 0.611. The third kappa shape index (κ3) is 8.09. The minimum Gasteiger partial charge on any atom is -0.478 e. The summed E-state index contributed by atoms with van der Waals surface area (Å²) < 4.78 is 73.9. The van der Waals surface area contributed by atoms with Gasteiger partial charge in [-0.3, -0.25) is 4.79 Å². The molecule has 1 saturated heterocycles. The maximum absolute atomic E-state index is 14.0. The molecule has 4 unspecified atom stereocenters. The number of rotatable bonds is 8. The number of carboxylic acids is 1. The lowest BCUT2D eigenvalue weighted by Gasteiger charge is -2.42. The predicted molar refractivity (Wildman–Crippen MR) is 163 cm³/mol. The molecule has 1 aliphatic heterocycles. The Labute approximate surface area is 267 Å². The quantitative estimate of drug-likeness (QED) is 0.280. The number of amides is 1. The van der Waals surface area contributed by atoms with Crippen LogP contribution in [0.1, 0.15) is 117 Å². The maximum atomic E-state index is 14.0. The molecule has 0 aromatic heterocycles. The van der Waals surface area contributed by atoms with Gasteiger partial charge in [0.05, 0.1) is 17.7 Å². The molecule has 5 nitrogen and oxygen atoms in total. The van der Waals surface area contributed by atoms with Crippen molar-refractivity contribution in [2.24, 2.45) is 23.7 Å². The second-order valence-corrected chi connectivity index (χ2v) is 13.7. The van der Waals surface area contributed by atoms with Gasteiger partial charge in [0.15, 0.2) is 0 Å². The Balaban J connectivity index is 1.20. The second kappa shape index (κ2) is 14.4. The van der Waals surface area contributed by atoms with Crippen molar-refractivity contribution in [3.63, 3.8) is 0 Å². The number of carbonyl (C=O) groups is 2. The lowest BCUT2D eigenvalue weighted by Crippen LogP contribution is -2.54. The number of carbonyl (C=O) groups excluding carboxylic acids is 1. The summed E-state index contributed by atoms with van der Waals surface area (Å²) in [6, 6.07) is 6.81. The Hall–Kier alpha value is -3.01. The van der Waals surface area contributed by atoms with Gasteiger partial charge in [0.1, 0.15) is 17.2 Å². The largest absolute Gasteiger partial charge is 0.478 e. The van der Waals surface area contributed by atoms with Crippen LogP contribution in [0.3, 0.4) is 0 Å². The fourth-order valence-corrected chi connectivity index (χ4v) is 7.80. The van der Waals surface area contributed by atoms with Crippen LogP contribution in [0.25, 0.3) is 0 Å². The molecule has 0 spiro atoms. The molecule has 2 aromatic rings. The van der Waals surface area contributed by atoms with E-state index in [1.807, 2.05) is 0 Å². The summed E-state index contributed by atoms with van der Waals surface area (Å²) in [5.41, 5.74) is -1.43.